The van der Waals surface area contributed by atoms with Crippen LogP contribution in [0.5, 0.6) is 0 Å². The highest BCUT2D eigenvalue weighted by molar-refractivity contribution is 4.77. The van der Waals surface area contributed by atoms with Gasteiger partial charge in [-0.15, -0.1) is 0 Å². The molecule has 1 saturated heterocycles. The molecule has 96 valence electrons. The van der Waals surface area contributed by atoms with E-state index >= 15 is 0 Å². The molecule has 1 atom stereocenters. The Labute approximate surface area is 101 Å². The molecule has 1 aliphatic rings. The van der Waals surface area contributed by atoms with E-state index in [9.17, 15) is 0 Å². The maximum Gasteiger partial charge on any atom is 0.0112 e. The lowest BCUT2D eigenvalue weighted by Gasteiger charge is -2.36. The normalized spacial score (nSPS) is 22.9. The van der Waals surface area contributed by atoms with Gasteiger partial charge in [0.05, 0.1) is 0 Å². The lowest BCUT2D eigenvalue weighted by Crippen LogP contribution is -2.44. The van der Waals surface area contributed by atoms with Crippen molar-refractivity contribution in [3.63, 3.8) is 0 Å². The van der Waals surface area contributed by atoms with Gasteiger partial charge in [0, 0.05) is 19.1 Å². The Morgan fingerprint density at radius 2 is 2.00 bits per heavy atom. The van der Waals surface area contributed by atoms with Crippen LogP contribution in [0, 0.1) is 0 Å². The van der Waals surface area contributed by atoms with Gasteiger partial charge in [-0.05, 0) is 45.4 Å². The Morgan fingerprint density at radius 1 is 1.25 bits per heavy atom. The molecule has 0 aromatic rings. The predicted octanol–water partition coefficient (Wildman–Crippen LogP) is 1.53. The lowest BCUT2D eigenvalue weighted by atomic mass is 9.99. The second kappa shape index (κ2) is 8.04. The minimum atomic E-state index is 0.759. The number of nitrogens with two attached hydrogens (primary N) is 1. The van der Waals surface area contributed by atoms with E-state index in [2.05, 4.69) is 23.6 Å². The second-order valence-corrected chi connectivity index (χ2v) is 4.79. The van der Waals surface area contributed by atoms with Crippen LogP contribution in [0.25, 0.3) is 0 Å². The summed E-state index contributed by atoms with van der Waals surface area (Å²) in [5.41, 5.74) is 5.69. The number of hydrogen-bond acceptors (Lipinski definition) is 3. The first-order chi connectivity index (χ1) is 7.81. The maximum absolute atomic E-state index is 5.69. The molecule has 0 radical (unpaired) electrons. The van der Waals surface area contributed by atoms with Crippen LogP contribution in [0.2, 0.25) is 0 Å². The van der Waals surface area contributed by atoms with Gasteiger partial charge in [0.1, 0.15) is 0 Å². The monoisotopic (exact) mass is 227 g/mol. The Kier molecular flexibility index (Phi) is 7.01. The van der Waals surface area contributed by atoms with Crippen LogP contribution in [0.4, 0.5) is 0 Å². The van der Waals surface area contributed by atoms with Crippen molar-refractivity contribution in [3.05, 3.63) is 0 Å². The molecule has 2 N–H and O–H groups in total. The largest absolute Gasteiger partial charge is 0.330 e. The molecule has 0 saturated carbocycles. The second-order valence-electron chi connectivity index (χ2n) is 4.79. The summed E-state index contributed by atoms with van der Waals surface area (Å²) in [6.07, 6.45) is 5.31. The number of hydrogen-bond donors (Lipinski definition) is 1. The molecule has 1 fully saturated rings. The van der Waals surface area contributed by atoms with Crippen molar-refractivity contribution < 1.29 is 0 Å². The van der Waals surface area contributed by atoms with Crippen LogP contribution in [0.15, 0.2) is 0 Å². The average Bonchev–Trinajstić information content (AvgIpc) is 2.33. The molecule has 1 aliphatic heterocycles. The van der Waals surface area contributed by atoms with E-state index in [1.54, 1.807) is 0 Å². The number of piperidine rings is 1. The fourth-order valence-corrected chi connectivity index (χ4v) is 2.68. The average molecular weight is 227 g/mol. The zero-order valence-electron chi connectivity index (χ0n) is 11.1. The van der Waals surface area contributed by atoms with Crippen LogP contribution in [0.1, 0.15) is 39.5 Å². The summed E-state index contributed by atoms with van der Waals surface area (Å²) >= 11 is 0. The molecule has 3 heteroatoms. The third-order valence-electron chi connectivity index (χ3n) is 3.85. The Bertz CT molecular complexity index is 167. The number of likely N-dealkylation sites (tertiary alicyclic amines) is 1. The number of likely N-dealkylation sites (N-methyl/N-ethyl adjacent to an activating group) is 1. The molecule has 0 aliphatic carbocycles. The van der Waals surface area contributed by atoms with Gasteiger partial charge in [-0.2, -0.15) is 0 Å². The molecule has 1 heterocycles. The smallest absolute Gasteiger partial charge is 0.0112 e. The first-order valence-electron chi connectivity index (χ1n) is 6.98. The number of nitrogens with zero attached hydrogens (tertiary/aromatic N) is 2. The van der Waals surface area contributed by atoms with Crippen LogP contribution < -0.4 is 5.73 Å². The predicted molar refractivity (Wildman–Crippen MR) is 70.7 cm³/mol. The minimum absolute atomic E-state index is 0.759. The van der Waals surface area contributed by atoms with E-state index in [0.29, 0.717) is 0 Å². The Morgan fingerprint density at radius 3 is 2.62 bits per heavy atom. The van der Waals surface area contributed by atoms with Crippen LogP contribution in [-0.4, -0.2) is 55.1 Å². The van der Waals surface area contributed by atoms with Crippen molar-refractivity contribution in [1.82, 2.24) is 9.80 Å². The summed E-state index contributed by atoms with van der Waals surface area (Å²) < 4.78 is 0. The van der Waals surface area contributed by atoms with Gasteiger partial charge < -0.3 is 10.6 Å². The van der Waals surface area contributed by atoms with Crippen molar-refractivity contribution in [1.29, 1.82) is 0 Å². The van der Waals surface area contributed by atoms with E-state index in [4.69, 9.17) is 5.73 Å². The van der Waals surface area contributed by atoms with Gasteiger partial charge in [0.25, 0.3) is 0 Å². The zero-order valence-corrected chi connectivity index (χ0v) is 11.1. The fourth-order valence-electron chi connectivity index (χ4n) is 2.68. The number of rotatable bonds is 7. The zero-order chi connectivity index (χ0) is 11.8. The molecular formula is C13H29N3. The van der Waals surface area contributed by atoms with Crippen LogP contribution in [-0.2, 0) is 0 Å². The van der Waals surface area contributed by atoms with Crippen molar-refractivity contribution in [3.8, 4) is 0 Å². The van der Waals surface area contributed by atoms with Crippen molar-refractivity contribution in [2.75, 3.05) is 39.3 Å². The van der Waals surface area contributed by atoms with Gasteiger partial charge >= 0.3 is 0 Å². The summed E-state index contributed by atoms with van der Waals surface area (Å²) in [5.74, 6) is 0. The maximum atomic E-state index is 5.69. The summed E-state index contributed by atoms with van der Waals surface area (Å²) in [5, 5.41) is 0. The molecule has 0 aromatic carbocycles. The van der Waals surface area contributed by atoms with Crippen LogP contribution >= 0.6 is 0 Å². The molecule has 0 aromatic heterocycles. The Balaban J connectivity index is 2.31. The molecular weight excluding hydrogens is 198 g/mol. The molecule has 16 heavy (non-hydrogen) atoms. The van der Waals surface area contributed by atoms with Crippen LogP contribution in [0.3, 0.4) is 0 Å². The Hall–Kier alpha value is -0.120. The highest BCUT2D eigenvalue weighted by Gasteiger charge is 2.21. The van der Waals surface area contributed by atoms with Crippen molar-refractivity contribution in [2.45, 2.75) is 45.6 Å². The van der Waals surface area contributed by atoms with E-state index in [1.807, 2.05) is 0 Å². The first kappa shape index (κ1) is 13.9. The minimum Gasteiger partial charge on any atom is -0.330 e. The SMILES string of the molecule is CCN(CC)CCN1CCCCC1CCN. The summed E-state index contributed by atoms with van der Waals surface area (Å²) in [4.78, 5) is 5.17. The molecule has 0 bridgehead atoms. The third-order valence-corrected chi connectivity index (χ3v) is 3.85. The topological polar surface area (TPSA) is 32.5 Å². The van der Waals surface area contributed by atoms with Gasteiger partial charge in [0.15, 0.2) is 0 Å². The summed E-state index contributed by atoms with van der Waals surface area (Å²) in [6.45, 7) is 11.4. The molecule has 0 amide bonds. The third kappa shape index (κ3) is 4.40. The molecule has 1 rings (SSSR count). The standard InChI is InChI=1S/C13H29N3/c1-3-15(4-2)11-12-16-10-6-5-7-13(16)8-9-14/h13H,3-12,14H2,1-2H3. The van der Waals surface area contributed by atoms with Crippen molar-refractivity contribution >= 4 is 0 Å². The summed E-state index contributed by atoms with van der Waals surface area (Å²) in [6, 6.07) is 0.759. The molecule has 3 nitrogen and oxygen atoms in total. The van der Waals surface area contributed by atoms with Gasteiger partial charge in [-0.25, -0.2) is 0 Å². The quantitative estimate of drug-likeness (QED) is 0.716. The van der Waals surface area contributed by atoms with E-state index in [-0.39, 0.29) is 0 Å². The molecule has 1 unspecified atom stereocenters. The van der Waals surface area contributed by atoms with Gasteiger partial charge in [-0.3, -0.25) is 4.90 Å². The van der Waals surface area contributed by atoms with E-state index in [1.165, 1.54) is 58.4 Å². The van der Waals surface area contributed by atoms with Gasteiger partial charge in [-0.1, -0.05) is 20.3 Å². The van der Waals surface area contributed by atoms with Crippen molar-refractivity contribution in [2.24, 2.45) is 5.73 Å². The first-order valence-corrected chi connectivity index (χ1v) is 6.98. The highest BCUT2D eigenvalue weighted by atomic mass is 15.2. The summed E-state index contributed by atoms with van der Waals surface area (Å²) in [7, 11) is 0. The van der Waals surface area contributed by atoms with E-state index < -0.39 is 0 Å². The van der Waals surface area contributed by atoms with E-state index in [0.717, 1.165) is 12.6 Å². The lowest BCUT2D eigenvalue weighted by molar-refractivity contribution is 0.123. The highest BCUT2D eigenvalue weighted by Crippen LogP contribution is 2.18. The fraction of sp³-hybridized carbons (Fsp3) is 1.00. The molecule has 0 spiro atoms. The van der Waals surface area contributed by atoms with Gasteiger partial charge in [0.2, 0.25) is 0 Å².